The SMILES string of the molecule is Cc1c([C@@H](NC(=O)Nc2ccc(N)nc2)C(F)(F)F)oc2ccc(F)cc12. The number of aromatic nitrogens is 1. The molecule has 0 saturated carbocycles. The van der Waals surface area contributed by atoms with Crippen LogP contribution in [0.15, 0.2) is 40.9 Å². The normalized spacial score (nSPS) is 12.8. The van der Waals surface area contributed by atoms with Crippen molar-refractivity contribution in [3.8, 4) is 0 Å². The number of furan rings is 1. The Labute approximate surface area is 150 Å². The lowest BCUT2D eigenvalue weighted by Crippen LogP contribution is -2.40. The summed E-state index contributed by atoms with van der Waals surface area (Å²) in [6, 6.07) is 2.62. The van der Waals surface area contributed by atoms with Crippen LogP contribution in [0.5, 0.6) is 0 Å². The highest BCUT2D eigenvalue weighted by Crippen LogP contribution is 2.38. The number of nitrogen functional groups attached to an aromatic ring is 1. The zero-order valence-electron chi connectivity index (χ0n) is 13.9. The number of urea groups is 1. The zero-order chi connectivity index (χ0) is 19.8. The van der Waals surface area contributed by atoms with Crippen molar-refractivity contribution in [1.82, 2.24) is 10.3 Å². The number of anilines is 2. The van der Waals surface area contributed by atoms with Crippen molar-refractivity contribution in [3.05, 3.63) is 53.7 Å². The summed E-state index contributed by atoms with van der Waals surface area (Å²) in [5.74, 6) is -0.934. The van der Waals surface area contributed by atoms with Gasteiger partial charge in [-0.05, 0) is 37.3 Å². The lowest BCUT2D eigenvalue weighted by molar-refractivity contribution is -0.158. The molecular formula is C17H14F4N4O2. The predicted molar refractivity (Wildman–Crippen MR) is 90.5 cm³/mol. The molecule has 1 aromatic carbocycles. The van der Waals surface area contributed by atoms with E-state index >= 15 is 0 Å². The minimum absolute atomic E-state index is 0.0845. The number of halogens is 4. The number of aryl methyl sites for hydroxylation is 1. The number of fused-ring (bicyclic) bond motifs is 1. The van der Waals surface area contributed by atoms with Crippen molar-refractivity contribution in [3.63, 3.8) is 0 Å². The number of nitrogens with one attached hydrogen (secondary N) is 2. The lowest BCUT2D eigenvalue weighted by Gasteiger charge is -2.20. The molecule has 0 aliphatic heterocycles. The molecule has 0 bridgehead atoms. The third kappa shape index (κ3) is 3.94. The van der Waals surface area contributed by atoms with Crippen LogP contribution < -0.4 is 16.4 Å². The van der Waals surface area contributed by atoms with E-state index in [1.807, 2.05) is 5.32 Å². The van der Waals surface area contributed by atoms with E-state index in [0.717, 1.165) is 12.1 Å². The summed E-state index contributed by atoms with van der Waals surface area (Å²) in [6.45, 7) is 1.36. The molecule has 0 aliphatic rings. The molecule has 0 unspecified atom stereocenters. The molecule has 4 N–H and O–H groups in total. The number of carbonyl (C=O) groups is 1. The van der Waals surface area contributed by atoms with Crippen molar-refractivity contribution >= 4 is 28.5 Å². The highest BCUT2D eigenvalue weighted by atomic mass is 19.4. The second-order valence-corrected chi connectivity index (χ2v) is 5.78. The molecule has 0 fully saturated rings. The maximum atomic E-state index is 13.5. The van der Waals surface area contributed by atoms with Crippen LogP contribution in [0.4, 0.5) is 33.9 Å². The van der Waals surface area contributed by atoms with Crippen molar-refractivity contribution in [2.24, 2.45) is 0 Å². The molecule has 0 radical (unpaired) electrons. The topological polar surface area (TPSA) is 93.2 Å². The minimum Gasteiger partial charge on any atom is -0.458 e. The van der Waals surface area contributed by atoms with E-state index in [1.54, 1.807) is 0 Å². The molecule has 6 nitrogen and oxygen atoms in total. The molecule has 2 heterocycles. The van der Waals surface area contributed by atoms with Gasteiger partial charge in [0, 0.05) is 10.9 Å². The van der Waals surface area contributed by atoms with Gasteiger partial charge in [-0.25, -0.2) is 14.2 Å². The molecule has 27 heavy (non-hydrogen) atoms. The number of carbonyl (C=O) groups excluding carboxylic acids is 1. The monoisotopic (exact) mass is 382 g/mol. The molecule has 0 saturated heterocycles. The standard InChI is InChI=1S/C17H14F4N4O2/c1-8-11-6-9(18)2-4-12(11)27-14(8)15(17(19,20)21)25-16(26)24-10-3-5-13(22)23-7-10/h2-7,15H,1H3,(H2,22,23)(H2,24,25,26)/t15-/m1/s1. The van der Waals surface area contributed by atoms with Crippen LogP contribution in [0, 0.1) is 12.7 Å². The summed E-state index contributed by atoms with van der Waals surface area (Å²) in [5, 5.41) is 4.26. The van der Waals surface area contributed by atoms with Crippen LogP contribution in [-0.2, 0) is 0 Å². The second kappa shape index (κ2) is 6.78. The van der Waals surface area contributed by atoms with Crippen LogP contribution in [0.3, 0.4) is 0 Å². The summed E-state index contributed by atoms with van der Waals surface area (Å²) in [5.41, 5.74) is 5.74. The summed E-state index contributed by atoms with van der Waals surface area (Å²) < 4.78 is 59.3. The third-order valence-electron chi connectivity index (χ3n) is 3.84. The van der Waals surface area contributed by atoms with E-state index in [2.05, 4.69) is 10.3 Å². The molecule has 10 heteroatoms. The maximum absolute atomic E-state index is 13.5. The van der Waals surface area contributed by atoms with E-state index in [9.17, 15) is 22.4 Å². The Kier molecular flexibility index (Phi) is 4.64. The Hall–Kier alpha value is -3.30. The fourth-order valence-electron chi connectivity index (χ4n) is 2.56. The van der Waals surface area contributed by atoms with Crippen molar-refractivity contribution in [2.75, 3.05) is 11.1 Å². The number of pyridine rings is 1. The van der Waals surface area contributed by atoms with E-state index in [1.165, 1.54) is 31.3 Å². The first-order chi connectivity index (χ1) is 12.6. The molecular weight excluding hydrogens is 368 g/mol. The van der Waals surface area contributed by atoms with E-state index in [0.29, 0.717) is 0 Å². The molecule has 2 amide bonds. The predicted octanol–water partition coefficient (Wildman–Crippen LogP) is 4.28. The molecule has 142 valence electrons. The van der Waals surface area contributed by atoms with Gasteiger partial charge in [-0.2, -0.15) is 13.2 Å². The average Bonchev–Trinajstić information content (AvgIpc) is 2.90. The largest absolute Gasteiger partial charge is 0.458 e. The summed E-state index contributed by atoms with van der Waals surface area (Å²) in [4.78, 5) is 15.8. The lowest BCUT2D eigenvalue weighted by atomic mass is 10.1. The van der Waals surface area contributed by atoms with Crippen LogP contribution in [-0.4, -0.2) is 17.2 Å². The minimum atomic E-state index is -4.84. The number of nitrogens with zero attached hydrogens (tertiary/aromatic N) is 1. The number of hydrogen-bond donors (Lipinski definition) is 3. The Balaban J connectivity index is 1.89. The number of hydrogen-bond acceptors (Lipinski definition) is 4. The fourth-order valence-corrected chi connectivity index (χ4v) is 2.56. The van der Waals surface area contributed by atoms with E-state index in [4.69, 9.17) is 10.2 Å². The van der Waals surface area contributed by atoms with Gasteiger partial charge < -0.3 is 20.8 Å². The summed E-state index contributed by atoms with van der Waals surface area (Å²) >= 11 is 0. The molecule has 0 aliphatic carbocycles. The van der Waals surface area contributed by atoms with Crippen molar-refractivity contribution < 1.29 is 26.8 Å². The average molecular weight is 382 g/mol. The van der Waals surface area contributed by atoms with Crippen LogP contribution in [0.2, 0.25) is 0 Å². The van der Waals surface area contributed by atoms with E-state index in [-0.39, 0.29) is 28.0 Å². The second-order valence-electron chi connectivity index (χ2n) is 5.78. The van der Waals surface area contributed by atoms with Gasteiger partial charge in [-0.15, -0.1) is 0 Å². The number of nitrogens with two attached hydrogens (primary N) is 1. The number of rotatable bonds is 3. The van der Waals surface area contributed by atoms with Gasteiger partial charge in [-0.1, -0.05) is 0 Å². The number of alkyl halides is 3. The highest BCUT2D eigenvalue weighted by molar-refractivity contribution is 5.90. The first-order valence-electron chi connectivity index (χ1n) is 7.69. The Morgan fingerprint density at radius 1 is 1.26 bits per heavy atom. The van der Waals surface area contributed by atoms with E-state index < -0.39 is 29.8 Å². The smallest absolute Gasteiger partial charge is 0.416 e. The van der Waals surface area contributed by atoms with Gasteiger partial charge >= 0.3 is 12.2 Å². The van der Waals surface area contributed by atoms with Gasteiger partial charge in [0.25, 0.3) is 0 Å². The molecule has 0 spiro atoms. The maximum Gasteiger partial charge on any atom is 0.416 e. The molecule has 1 atom stereocenters. The van der Waals surface area contributed by atoms with Crippen LogP contribution in [0.25, 0.3) is 11.0 Å². The van der Waals surface area contributed by atoms with Crippen LogP contribution >= 0.6 is 0 Å². The quantitative estimate of drug-likeness (QED) is 0.590. The zero-order valence-corrected chi connectivity index (χ0v) is 13.9. The van der Waals surface area contributed by atoms with Crippen LogP contribution in [0.1, 0.15) is 17.4 Å². The van der Waals surface area contributed by atoms with Gasteiger partial charge in [0.15, 0.2) is 6.04 Å². The van der Waals surface area contributed by atoms with Gasteiger partial charge in [0.05, 0.1) is 11.9 Å². The summed E-state index contributed by atoms with van der Waals surface area (Å²) in [6.07, 6.45) is -3.64. The fraction of sp³-hybridized carbons (Fsp3) is 0.176. The van der Waals surface area contributed by atoms with Gasteiger partial charge in [0.2, 0.25) is 0 Å². The van der Waals surface area contributed by atoms with Gasteiger partial charge in [-0.3, -0.25) is 0 Å². The first kappa shape index (κ1) is 18.5. The first-order valence-corrected chi connectivity index (χ1v) is 7.69. The number of benzene rings is 1. The molecule has 2 aromatic heterocycles. The number of amides is 2. The van der Waals surface area contributed by atoms with Crippen molar-refractivity contribution in [1.29, 1.82) is 0 Å². The highest BCUT2D eigenvalue weighted by Gasteiger charge is 2.45. The molecule has 3 rings (SSSR count). The Bertz CT molecular complexity index is 983. The summed E-state index contributed by atoms with van der Waals surface area (Å²) in [7, 11) is 0. The van der Waals surface area contributed by atoms with Crippen molar-refractivity contribution in [2.45, 2.75) is 19.1 Å². The third-order valence-corrected chi connectivity index (χ3v) is 3.84. The Morgan fingerprint density at radius 3 is 2.63 bits per heavy atom. The molecule has 3 aromatic rings. The Morgan fingerprint density at radius 2 is 2.00 bits per heavy atom. The van der Waals surface area contributed by atoms with Gasteiger partial charge in [0.1, 0.15) is 23.0 Å².